The summed E-state index contributed by atoms with van der Waals surface area (Å²) >= 11 is 5.91. The van der Waals surface area contributed by atoms with Crippen LogP contribution in [0.3, 0.4) is 0 Å². The van der Waals surface area contributed by atoms with Crippen LogP contribution in [0.1, 0.15) is 24.1 Å². The fourth-order valence-electron chi connectivity index (χ4n) is 2.35. The molecule has 102 valence electrons. The van der Waals surface area contributed by atoms with Crippen molar-refractivity contribution in [1.82, 2.24) is 10.3 Å². The first-order valence-electron chi connectivity index (χ1n) is 6.77. The summed E-state index contributed by atoms with van der Waals surface area (Å²) < 4.78 is 0. The summed E-state index contributed by atoms with van der Waals surface area (Å²) in [4.78, 5) is 3.21. The number of halogens is 1. The zero-order valence-corrected chi connectivity index (χ0v) is 12.1. The third kappa shape index (κ3) is 2.87. The van der Waals surface area contributed by atoms with Gasteiger partial charge in [0.25, 0.3) is 0 Å². The molecule has 0 saturated heterocycles. The minimum Gasteiger partial charge on any atom is -0.361 e. The zero-order valence-electron chi connectivity index (χ0n) is 11.4. The van der Waals surface area contributed by atoms with E-state index in [0.29, 0.717) is 6.04 Å². The number of benzene rings is 2. The van der Waals surface area contributed by atoms with E-state index in [1.807, 2.05) is 18.3 Å². The molecule has 3 rings (SSSR count). The number of aromatic amines is 1. The van der Waals surface area contributed by atoms with Crippen molar-refractivity contribution in [3.63, 3.8) is 0 Å². The molecule has 0 aliphatic heterocycles. The van der Waals surface area contributed by atoms with E-state index in [9.17, 15) is 0 Å². The van der Waals surface area contributed by atoms with Crippen molar-refractivity contribution in [2.45, 2.75) is 19.5 Å². The largest absolute Gasteiger partial charge is 0.361 e. The molecule has 3 aromatic rings. The minimum absolute atomic E-state index is 0.300. The van der Waals surface area contributed by atoms with Gasteiger partial charge in [0.1, 0.15) is 0 Å². The smallest absolute Gasteiger partial charge is 0.0454 e. The molecule has 0 unspecified atom stereocenters. The minimum atomic E-state index is 0.300. The maximum Gasteiger partial charge on any atom is 0.0454 e. The molecule has 0 radical (unpaired) electrons. The van der Waals surface area contributed by atoms with E-state index in [0.717, 1.165) is 11.6 Å². The van der Waals surface area contributed by atoms with Crippen LogP contribution in [-0.4, -0.2) is 4.98 Å². The van der Waals surface area contributed by atoms with Crippen LogP contribution in [0.5, 0.6) is 0 Å². The molecule has 0 spiro atoms. The van der Waals surface area contributed by atoms with E-state index in [2.05, 4.69) is 53.6 Å². The quantitative estimate of drug-likeness (QED) is 0.716. The number of hydrogen-bond donors (Lipinski definition) is 2. The lowest BCUT2D eigenvalue weighted by Crippen LogP contribution is -2.17. The summed E-state index contributed by atoms with van der Waals surface area (Å²) in [6, 6.07) is 16.9. The predicted molar refractivity (Wildman–Crippen MR) is 85.0 cm³/mol. The van der Waals surface area contributed by atoms with Crippen LogP contribution in [0, 0.1) is 0 Å². The molecule has 2 N–H and O–H groups in total. The van der Waals surface area contributed by atoms with Gasteiger partial charge >= 0.3 is 0 Å². The van der Waals surface area contributed by atoms with Gasteiger partial charge in [0, 0.05) is 29.3 Å². The summed E-state index contributed by atoms with van der Waals surface area (Å²) in [5, 5.41) is 5.57. The molecule has 0 saturated carbocycles. The van der Waals surface area contributed by atoms with Gasteiger partial charge in [-0.3, -0.25) is 0 Å². The van der Waals surface area contributed by atoms with Crippen LogP contribution >= 0.6 is 11.6 Å². The average Bonchev–Trinajstić information content (AvgIpc) is 2.93. The van der Waals surface area contributed by atoms with E-state index in [4.69, 9.17) is 11.6 Å². The molecule has 3 heteroatoms. The summed E-state index contributed by atoms with van der Waals surface area (Å²) in [5.41, 5.74) is 3.72. The van der Waals surface area contributed by atoms with E-state index >= 15 is 0 Å². The van der Waals surface area contributed by atoms with Gasteiger partial charge in [-0.15, -0.1) is 0 Å². The normalized spacial score (nSPS) is 12.7. The second-order valence-electron chi connectivity index (χ2n) is 5.05. The SMILES string of the molecule is C[C@@H](NCc1ccc2[nH]ccc2c1)c1ccc(Cl)cc1. The molecule has 1 atom stereocenters. The number of H-pyrrole nitrogens is 1. The van der Waals surface area contributed by atoms with Crippen LogP contribution in [0.2, 0.25) is 5.02 Å². The number of fused-ring (bicyclic) bond motifs is 1. The molecule has 2 aromatic carbocycles. The van der Waals surface area contributed by atoms with Crippen LogP contribution in [0.4, 0.5) is 0 Å². The predicted octanol–water partition coefficient (Wildman–Crippen LogP) is 4.67. The molecule has 0 amide bonds. The van der Waals surface area contributed by atoms with Crippen LogP contribution in [0.15, 0.2) is 54.7 Å². The molecule has 0 bridgehead atoms. The summed E-state index contributed by atoms with van der Waals surface area (Å²) in [7, 11) is 0. The van der Waals surface area contributed by atoms with Crippen molar-refractivity contribution in [2.75, 3.05) is 0 Å². The monoisotopic (exact) mass is 284 g/mol. The lowest BCUT2D eigenvalue weighted by Gasteiger charge is -2.14. The number of nitrogens with one attached hydrogen (secondary N) is 2. The third-order valence-electron chi connectivity index (χ3n) is 3.60. The van der Waals surface area contributed by atoms with Gasteiger partial charge in [0.15, 0.2) is 0 Å². The first-order chi connectivity index (χ1) is 9.72. The van der Waals surface area contributed by atoms with Crippen molar-refractivity contribution in [1.29, 1.82) is 0 Å². The molecular formula is C17H17ClN2. The summed E-state index contributed by atoms with van der Waals surface area (Å²) in [6.07, 6.45) is 1.97. The summed E-state index contributed by atoms with van der Waals surface area (Å²) in [5.74, 6) is 0. The van der Waals surface area contributed by atoms with Crippen LogP contribution in [0.25, 0.3) is 10.9 Å². The van der Waals surface area contributed by atoms with Crippen LogP contribution < -0.4 is 5.32 Å². The maximum absolute atomic E-state index is 5.91. The molecule has 1 aromatic heterocycles. The topological polar surface area (TPSA) is 27.8 Å². The van der Waals surface area contributed by atoms with Crippen LogP contribution in [-0.2, 0) is 6.54 Å². The molecular weight excluding hydrogens is 268 g/mol. The van der Waals surface area contributed by atoms with Crippen molar-refractivity contribution in [3.8, 4) is 0 Å². The van der Waals surface area contributed by atoms with E-state index in [-0.39, 0.29) is 0 Å². The Balaban J connectivity index is 1.67. The van der Waals surface area contributed by atoms with Gasteiger partial charge in [0.2, 0.25) is 0 Å². The second kappa shape index (κ2) is 5.70. The Bertz CT molecular complexity index is 700. The molecule has 20 heavy (non-hydrogen) atoms. The highest BCUT2D eigenvalue weighted by atomic mass is 35.5. The lowest BCUT2D eigenvalue weighted by atomic mass is 10.1. The summed E-state index contributed by atoms with van der Waals surface area (Å²) in [6.45, 7) is 3.02. The first-order valence-corrected chi connectivity index (χ1v) is 7.15. The van der Waals surface area contributed by atoms with Gasteiger partial charge in [-0.05, 0) is 53.8 Å². The van der Waals surface area contributed by atoms with Crippen molar-refractivity contribution in [3.05, 3.63) is 70.9 Å². The molecule has 0 fully saturated rings. The maximum atomic E-state index is 5.91. The Hall–Kier alpha value is -1.77. The number of hydrogen-bond acceptors (Lipinski definition) is 1. The van der Waals surface area contributed by atoms with E-state index in [1.54, 1.807) is 0 Å². The molecule has 1 heterocycles. The Labute approximate surface area is 123 Å². The van der Waals surface area contributed by atoms with Gasteiger partial charge < -0.3 is 10.3 Å². The Morgan fingerprint density at radius 3 is 2.70 bits per heavy atom. The Morgan fingerprint density at radius 2 is 1.90 bits per heavy atom. The third-order valence-corrected chi connectivity index (χ3v) is 3.85. The van der Waals surface area contributed by atoms with Gasteiger partial charge in [-0.2, -0.15) is 0 Å². The highest BCUT2D eigenvalue weighted by Gasteiger charge is 2.05. The fraction of sp³-hybridized carbons (Fsp3) is 0.176. The fourth-order valence-corrected chi connectivity index (χ4v) is 2.48. The molecule has 2 nitrogen and oxygen atoms in total. The van der Waals surface area contributed by atoms with Crippen molar-refractivity contribution >= 4 is 22.5 Å². The van der Waals surface area contributed by atoms with Gasteiger partial charge in [-0.25, -0.2) is 0 Å². The number of rotatable bonds is 4. The zero-order chi connectivity index (χ0) is 13.9. The van der Waals surface area contributed by atoms with Crippen molar-refractivity contribution < 1.29 is 0 Å². The lowest BCUT2D eigenvalue weighted by molar-refractivity contribution is 0.575. The van der Waals surface area contributed by atoms with Gasteiger partial charge in [-0.1, -0.05) is 29.8 Å². The highest BCUT2D eigenvalue weighted by Crippen LogP contribution is 2.18. The number of aromatic nitrogens is 1. The molecule has 0 aliphatic rings. The Morgan fingerprint density at radius 1 is 1.10 bits per heavy atom. The van der Waals surface area contributed by atoms with Crippen molar-refractivity contribution in [2.24, 2.45) is 0 Å². The van der Waals surface area contributed by atoms with E-state index in [1.165, 1.54) is 22.0 Å². The highest BCUT2D eigenvalue weighted by molar-refractivity contribution is 6.30. The first kappa shape index (κ1) is 13.2. The van der Waals surface area contributed by atoms with E-state index < -0.39 is 0 Å². The second-order valence-corrected chi connectivity index (χ2v) is 5.49. The standard InChI is InChI=1S/C17H17ClN2/c1-12(14-3-5-16(18)6-4-14)20-11-13-2-7-17-15(10-13)8-9-19-17/h2-10,12,19-20H,11H2,1H3/t12-/m1/s1. The Kier molecular flexibility index (Phi) is 3.77. The average molecular weight is 285 g/mol. The van der Waals surface area contributed by atoms with Gasteiger partial charge in [0.05, 0.1) is 0 Å². The molecule has 0 aliphatic carbocycles.